The molecule has 0 N–H and O–H groups in total. The van der Waals surface area contributed by atoms with E-state index in [1.807, 2.05) is 0 Å². The maximum atomic E-state index is 12.8. The van der Waals surface area contributed by atoms with E-state index in [1.165, 1.54) is 160 Å². The molecule has 0 saturated heterocycles. The summed E-state index contributed by atoms with van der Waals surface area (Å²) in [5.41, 5.74) is 1.32. The molecular weight excluding hydrogens is 695 g/mol. The molecule has 0 atom stereocenters. The Hall–Kier alpha value is -2.08. The summed E-state index contributed by atoms with van der Waals surface area (Å²) < 4.78 is 16.9. The number of hydrogen-bond acceptors (Lipinski definition) is 6. The molecule has 0 amide bonds. The molecule has 6 nitrogen and oxygen atoms in total. The monoisotopic (exact) mass is 786 g/mol. The normalized spacial score (nSPS) is 11.5. The minimum Gasteiger partial charge on any atom is -0.497 e. The Labute approximate surface area is 347 Å². The Morgan fingerprint density at radius 3 is 1.39 bits per heavy atom. The SMILES string of the molecule is CCCCCCCCCOC(=O)CCCCCCCN(CCCCCCCC(=O)OC(CCCCCCCC)CCCCCCCC)Cc1ccc(OC)cc1. The topological polar surface area (TPSA) is 65.1 Å². The number of benzene rings is 1. The zero-order valence-corrected chi connectivity index (χ0v) is 37.5. The third-order valence-corrected chi connectivity index (χ3v) is 11.3. The zero-order chi connectivity index (χ0) is 40.6. The predicted molar refractivity (Wildman–Crippen MR) is 238 cm³/mol. The van der Waals surface area contributed by atoms with Crippen molar-refractivity contribution in [2.45, 2.75) is 245 Å². The second-order valence-corrected chi connectivity index (χ2v) is 16.7. The molecule has 0 aliphatic rings. The van der Waals surface area contributed by atoms with Crippen molar-refractivity contribution in [3.05, 3.63) is 29.8 Å². The van der Waals surface area contributed by atoms with E-state index < -0.39 is 0 Å². The summed E-state index contributed by atoms with van der Waals surface area (Å²) in [7, 11) is 1.72. The average Bonchev–Trinajstić information content (AvgIpc) is 3.20. The number of ether oxygens (including phenoxy) is 3. The molecule has 0 fully saturated rings. The van der Waals surface area contributed by atoms with Crippen molar-refractivity contribution >= 4 is 11.9 Å². The van der Waals surface area contributed by atoms with Crippen molar-refractivity contribution in [1.29, 1.82) is 0 Å². The molecule has 0 heterocycles. The molecule has 0 aromatic heterocycles. The van der Waals surface area contributed by atoms with Crippen LogP contribution in [-0.2, 0) is 25.6 Å². The number of carbonyl (C=O) groups is 2. The third-order valence-electron chi connectivity index (χ3n) is 11.3. The van der Waals surface area contributed by atoms with Gasteiger partial charge in [-0.3, -0.25) is 14.5 Å². The van der Waals surface area contributed by atoms with Gasteiger partial charge in [-0.2, -0.15) is 0 Å². The molecule has 1 rings (SSSR count). The fraction of sp³-hybridized carbons (Fsp3) is 0.840. The molecule has 6 heteroatoms. The Bertz CT molecular complexity index is 982. The van der Waals surface area contributed by atoms with E-state index in [2.05, 4.69) is 49.9 Å². The Kier molecular flexibility index (Phi) is 36.9. The minimum atomic E-state index is -0.0205. The quantitative estimate of drug-likeness (QED) is 0.0486. The summed E-state index contributed by atoms with van der Waals surface area (Å²) in [6.07, 6.45) is 38.6. The highest BCUT2D eigenvalue weighted by Crippen LogP contribution is 2.19. The van der Waals surface area contributed by atoms with Gasteiger partial charge in [0, 0.05) is 19.4 Å². The van der Waals surface area contributed by atoms with E-state index in [4.69, 9.17) is 14.2 Å². The average molecular weight is 786 g/mol. The summed E-state index contributed by atoms with van der Waals surface area (Å²) in [4.78, 5) is 27.6. The van der Waals surface area contributed by atoms with Crippen molar-refractivity contribution in [1.82, 2.24) is 4.90 Å². The molecule has 56 heavy (non-hydrogen) atoms. The summed E-state index contributed by atoms with van der Waals surface area (Å²) in [5.74, 6) is 0.904. The van der Waals surface area contributed by atoms with Gasteiger partial charge in [-0.1, -0.05) is 174 Å². The van der Waals surface area contributed by atoms with Gasteiger partial charge in [0.2, 0.25) is 0 Å². The predicted octanol–water partition coefficient (Wildman–Crippen LogP) is 14.9. The highest BCUT2D eigenvalue weighted by atomic mass is 16.5. The van der Waals surface area contributed by atoms with Gasteiger partial charge < -0.3 is 14.2 Å². The summed E-state index contributed by atoms with van der Waals surface area (Å²) in [6.45, 7) is 10.5. The first-order valence-corrected chi connectivity index (χ1v) is 24.2. The molecule has 0 saturated carbocycles. The van der Waals surface area contributed by atoms with Crippen molar-refractivity contribution < 1.29 is 23.8 Å². The molecule has 0 aliphatic carbocycles. The van der Waals surface area contributed by atoms with E-state index in [9.17, 15) is 9.59 Å². The molecule has 0 unspecified atom stereocenters. The van der Waals surface area contributed by atoms with Crippen molar-refractivity contribution in [2.24, 2.45) is 0 Å². The largest absolute Gasteiger partial charge is 0.497 e. The number of hydrogen-bond donors (Lipinski definition) is 0. The second-order valence-electron chi connectivity index (χ2n) is 16.7. The lowest BCUT2D eigenvalue weighted by Gasteiger charge is -2.22. The maximum Gasteiger partial charge on any atom is 0.306 e. The van der Waals surface area contributed by atoms with Crippen LogP contribution >= 0.6 is 0 Å². The molecule has 0 bridgehead atoms. The van der Waals surface area contributed by atoms with E-state index in [0.29, 0.717) is 19.4 Å². The van der Waals surface area contributed by atoms with E-state index in [-0.39, 0.29) is 18.0 Å². The van der Waals surface area contributed by atoms with Crippen LogP contribution in [0, 0.1) is 0 Å². The number of methoxy groups -OCH3 is 1. The number of carbonyl (C=O) groups excluding carboxylic acids is 2. The molecule has 326 valence electrons. The van der Waals surface area contributed by atoms with Gasteiger partial charge >= 0.3 is 11.9 Å². The Morgan fingerprint density at radius 1 is 0.500 bits per heavy atom. The Morgan fingerprint density at radius 2 is 0.911 bits per heavy atom. The molecule has 1 aromatic carbocycles. The number of rotatable bonds is 42. The van der Waals surface area contributed by atoms with Crippen LogP contribution in [0.2, 0.25) is 0 Å². The van der Waals surface area contributed by atoms with Crippen molar-refractivity contribution in [2.75, 3.05) is 26.8 Å². The summed E-state index contributed by atoms with van der Waals surface area (Å²) >= 11 is 0. The van der Waals surface area contributed by atoms with Gasteiger partial charge in [-0.25, -0.2) is 0 Å². The van der Waals surface area contributed by atoms with Crippen LogP contribution in [0.1, 0.15) is 238 Å². The van der Waals surface area contributed by atoms with Crippen LogP contribution in [0.5, 0.6) is 5.75 Å². The molecule has 0 spiro atoms. The lowest BCUT2D eigenvalue weighted by atomic mass is 10.0. The summed E-state index contributed by atoms with van der Waals surface area (Å²) in [6, 6.07) is 8.49. The van der Waals surface area contributed by atoms with Crippen LogP contribution in [0.15, 0.2) is 24.3 Å². The van der Waals surface area contributed by atoms with Gasteiger partial charge in [0.15, 0.2) is 0 Å². The van der Waals surface area contributed by atoms with Crippen molar-refractivity contribution in [3.63, 3.8) is 0 Å². The van der Waals surface area contributed by atoms with E-state index in [1.54, 1.807) is 7.11 Å². The van der Waals surface area contributed by atoms with Gasteiger partial charge in [0.1, 0.15) is 11.9 Å². The zero-order valence-electron chi connectivity index (χ0n) is 37.5. The first-order valence-electron chi connectivity index (χ1n) is 24.2. The Balaban J connectivity index is 2.32. The highest BCUT2D eigenvalue weighted by molar-refractivity contribution is 5.69. The first kappa shape index (κ1) is 51.9. The lowest BCUT2D eigenvalue weighted by Crippen LogP contribution is -2.25. The number of unbranched alkanes of at least 4 members (excludes halogenated alkanes) is 24. The lowest BCUT2D eigenvalue weighted by molar-refractivity contribution is -0.150. The number of nitrogens with zero attached hydrogens (tertiary/aromatic N) is 1. The van der Waals surface area contributed by atoms with Crippen LogP contribution < -0.4 is 4.74 Å². The van der Waals surface area contributed by atoms with Gasteiger partial charge in [-0.15, -0.1) is 0 Å². The van der Waals surface area contributed by atoms with Crippen LogP contribution in [0.25, 0.3) is 0 Å². The smallest absolute Gasteiger partial charge is 0.306 e. The highest BCUT2D eigenvalue weighted by Gasteiger charge is 2.14. The third kappa shape index (κ3) is 32.9. The van der Waals surface area contributed by atoms with Crippen LogP contribution in [0.3, 0.4) is 0 Å². The standard InChI is InChI=1S/C50H91NO5/c1-5-8-11-14-17-26-33-44-55-49(52)36-29-22-18-24-31-42-51(45-46-38-40-47(54-4)41-39-46)43-32-25-19-23-30-37-50(53)56-48(34-27-20-15-12-9-6-2)35-28-21-16-13-10-7-3/h38-41,48H,5-37,42-45H2,1-4H3. The van der Waals surface area contributed by atoms with Crippen molar-refractivity contribution in [3.8, 4) is 5.75 Å². The fourth-order valence-corrected chi connectivity index (χ4v) is 7.66. The molecule has 0 aliphatic heterocycles. The van der Waals surface area contributed by atoms with Gasteiger partial charge in [0.05, 0.1) is 13.7 Å². The molecular formula is C50H91NO5. The fourth-order valence-electron chi connectivity index (χ4n) is 7.66. The molecule has 0 radical (unpaired) electrons. The van der Waals surface area contributed by atoms with Crippen LogP contribution in [0.4, 0.5) is 0 Å². The van der Waals surface area contributed by atoms with Crippen LogP contribution in [-0.4, -0.2) is 49.7 Å². The van der Waals surface area contributed by atoms with E-state index >= 15 is 0 Å². The maximum absolute atomic E-state index is 12.8. The summed E-state index contributed by atoms with van der Waals surface area (Å²) in [5, 5.41) is 0. The van der Waals surface area contributed by atoms with Gasteiger partial charge in [-0.05, 0) is 88.6 Å². The van der Waals surface area contributed by atoms with E-state index in [0.717, 1.165) is 70.3 Å². The number of esters is 2. The molecule has 1 aromatic rings. The first-order chi connectivity index (χ1) is 27.5. The second kappa shape index (κ2) is 39.7. The van der Waals surface area contributed by atoms with Gasteiger partial charge in [0.25, 0.3) is 0 Å². The minimum absolute atomic E-state index is 0.0205.